The largest absolute Gasteiger partial charge is 0.387 e. The van der Waals surface area contributed by atoms with Crippen LogP contribution in [0.4, 0.5) is 0 Å². The molecular weight excluding hydrogens is 234 g/mol. The zero-order chi connectivity index (χ0) is 13.8. The molecule has 0 spiro atoms. The number of carbonyl (C=O) groups is 2. The monoisotopic (exact) mass is 257 g/mol. The maximum absolute atomic E-state index is 11.7. The van der Waals surface area contributed by atoms with Crippen molar-refractivity contribution in [2.75, 3.05) is 39.3 Å². The highest BCUT2D eigenvalue weighted by atomic mass is 16.3. The van der Waals surface area contributed by atoms with E-state index in [1.807, 2.05) is 25.7 Å². The van der Waals surface area contributed by atoms with Crippen molar-refractivity contribution >= 4 is 11.8 Å². The number of aliphatic hydroxyl groups excluding tert-OH is 1. The van der Waals surface area contributed by atoms with Gasteiger partial charge in [-0.2, -0.15) is 0 Å². The van der Waals surface area contributed by atoms with E-state index in [1.54, 1.807) is 4.90 Å². The van der Waals surface area contributed by atoms with Crippen LogP contribution in [-0.4, -0.2) is 71.6 Å². The standard InChI is InChI=1S/C12H23N3O3/c1-12(2,3)13-10(17)8-14-4-6-15(7-5-14)11(18)9-16/h16H,4-9H2,1-3H3,(H,13,17). The van der Waals surface area contributed by atoms with Crippen LogP contribution in [0.3, 0.4) is 0 Å². The first-order valence-electron chi connectivity index (χ1n) is 6.24. The smallest absolute Gasteiger partial charge is 0.248 e. The third kappa shape index (κ3) is 5.01. The van der Waals surface area contributed by atoms with Gasteiger partial charge >= 0.3 is 0 Å². The summed E-state index contributed by atoms with van der Waals surface area (Å²) in [4.78, 5) is 26.6. The zero-order valence-corrected chi connectivity index (χ0v) is 11.4. The quantitative estimate of drug-likeness (QED) is 0.683. The minimum Gasteiger partial charge on any atom is -0.387 e. The van der Waals surface area contributed by atoms with E-state index < -0.39 is 6.61 Å². The lowest BCUT2D eigenvalue weighted by molar-refractivity contribution is -0.136. The van der Waals surface area contributed by atoms with E-state index in [-0.39, 0.29) is 17.4 Å². The van der Waals surface area contributed by atoms with Crippen LogP contribution in [0.5, 0.6) is 0 Å². The normalized spacial score (nSPS) is 17.7. The van der Waals surface area contributed by atoms with Crippen LogP contribution in [0, 0.1) is 0 Å². The minimum absolute atomic E-state index is 0.00411. The van der Waals surface area contributed by atoms with Crippen LogP contribution in [0.25, 0.3) is 0 Å². The summed E-state index contributed by atoms with van der Waals surface area (Å²) in [6.45, 7) is 8.24. The average Bonchev–Trinajstić information content (AvgIpc) is 2.26. The molecule has 0 unspecified atom stereocenters. The maximum Gasteiger partial charge on any atom is 0.248 e. The first-order valence-corrected chi connectivity index (χ1v) is 6.24. The number of piperazine rings is 1. The Morgan fingerprint density at radius 1 is 1.17 bits per heavy atom. The third-order valence-corrected chi connectivity index (χ3v) is 2.74. The average molecular weight is 257 g/mol. The van der Waals surface area contributed by atoms with Gasteiger partial charge in [0.15, 0.2) is 0 Å². The lowest BCUT2D eigenvalue weighted by atomic mass is 10.1. The van der Waals surface area contributed by atoms with Crippen LogP contribution >= 0.6 is 0 Å². The van der Waals surface area contributed by atoms with Crippen molar-refractivity contribution in [2.45, 2.75) is 26.3 Å². The van der Waals surface area contributed by atoms with Gasteiger partial charge in [-0.1, -0.05) is 0 Å². The molecule has 0 aromatic heterocycles. The first kappa shape index (κ1) is 14.9. The number of nitrogens with one attached hydrogen (secondary N) is 1. The highest BCUT2D eigenvalue weighted by Gasteiger charge is 2.22. The van der Waals surface area contributed by atoms with Gasteiger partial charge in [-0.05, 0) is 20.8 Å². The predicted molar refractivity (Wildman–Crippen MR) is 68.0 cm³/mol. The van der Waals surface area contributed by atoms with Gasteiger partial charge in [0.25, 0.3) is 0 Å². The van der Waals surface area contributed by atoms with Crippen molar-refractivity contribution in [3.05, 3.63) is 0 Å². The van der Waals surface area contributed by atoms with Crippen molar-refractivity contribution in [3.63, 3.8) is 0 Å². The fourth-order valence-corrected chi connectivity index (χ4v) is 1.92. The van der Waals surface area contributed by atoms with E-state index in [0.717, 1.165) is 0 Å². The molecule has 0 aromatic carbocycles. The van der Waals surface area contributed by atoms with Gasteiger partial charge in [0.2, 0.25) is 11.8 Å². The fraction of sp³-hybridized carbons (Fsp3) is 0.833. The van der Waals surface area contributed by atoms with Gasteiger partial charge < -0.3 is 15.3 Å². The van der Waals surface area contributed by atoms with Gasteiger partial charge in [-0.15, -0.1) is 0 Å². The number of nitrogens with zero attached hydrogens (tertiary/aromatic N) is 2. The van der Waals surface area contributed by atoms with E-state index in [4.69, 9.17) is 5.11 Å². The summed E-state index contributed by atoms with van der Waals surface area (Å²) in [5.41, 5.74) is -0.217. The second-order valence-electron chi connectivity index (χ2n) is 5.61. The summed E-state index contributed by atoms with van der Waals surface area (Å²) >= 11 is 0. The molecule has 0 radical (unpaired) electrons. The third-order valence-electron chi connectivity index (χ3n) is 2.74. The number of aliphatic hydroxyl groups is 1. The van der Waals surface area contributed by atoms with E-state index in [2.05, 4.69) is 5.32 Å². The lowest BCUT2D eigenvalue weighted by Crippen LogP contribution is -2.53. The molecule has 1 aliphatic rings. The Hall–Kier alpha value is -1.14. The summed E-state index contributed by atoms with van der Waals surface area (Å²) in [5, 5.41) is 11.7. The number of amides is 2. The minimum atomic E-state index is -0.440. The molecule has 6 heteroatoms. The fourth-order valence-electron chi connectivity index (χ4n) is 1.92. The molecular formula is C12H23N3O3. The molecule has 18 heavy (non-hydrogen) atoms. The molecule has 0 bridgehead atoms. The molecule has 2 amide bonds. The molecule has 0 aromatic rings. The van der Waals surface area contributed by atoms with Crippen LogP contribution in [0.15, 0.2) is 0 Å². The summed E-state index contributed by atoms with van der Waals surface area (Å²) < 4.78 is 0. The second kappa shape index (κ2) is 6.15. The lowest BCUT2D eigenvalue weighted by Gasteiger charge is -2.34. The molecule has 1 aliphatic heterocycles. The maximum atomic E-state index is 11.7. The van der Waals surface area contributed by atoms with Gasteiger partial charge in [-0.3, -0.25) is 14.5 Å². The molecule has 6 nitrogen and oxygen atoms in total. The Kier molecular flexibility index (Phi) is 5.10. The SMILES string of the molecule is CC(C)(C)NC(=O)CN1CCN(C(=O)CO)CC1. The van der Waals surface area contributed by atoms with Crippen LogP contribution in [-0.2, 0) is 9.59 Å². The summed E-state index contributed by atoms with van der Waals surface area (Å²) in [6.07, 6.45) is 0. The van der Waals surface area contributed by atoms with Crippen molar-refractivity contribution in [1.82, 2.24) is 15.1 Å². The summed E-state index contributed by atoms with van der Waals surface area (Å²) in [6, 6.07) is 0. The van der Waals surface area contributed by atoms with Crippen LogP contribution in [0.2, 0.25) is 0 Å². The van der Waals surface area contributed by atoms with Gasteiger partial charge in [0.1, 0.15) is 6.61 Å². The molecule has 1 heterocycles. The molecule has 104 valence electrons. The number of rotatable bonds is 3. The Morgan fingerprint density at radius 3 is 2.17 bits per heavy atom. The van der Waals surface area contributed by atoms with Crippen molar-refractivity contribution in [2.24, 2.45) is 0 Å². The summed E-state index contributed by atoms with van der Waals surface area (Å²) in [5.74, 6) is -0.238. The predicted octanol–water partition coefficient (Wildman–Crippen LogP) is -0.962. The van der Waals surface area contributed by atoms with Gasteiger partial charge in [0, 0.05) is 31.7 Å². The number of hydrogen-bond donors (Lipinski definition) is 2. The summed E-state index contributed by atoms with van der Waals surface area (Å²) in [7, 11) is 0. The van der Waals surface area contributed by atoms with E-state index in [1.165, 1.54) is 0 Å². The van der Waals surface area contributed by atoms with E-state index in [0.29, 0.717) is 32.7 Å². The van der Waals surface area contributed by atoms with Crippen molar-refractivity contribution in [1.29, 1.82) is 0 Å². The van der Waals surface area contributed by atoms with Crippen molar-refractivity contribution in [3.8, 4) is 0 Å². The molecule has 1 saturated heterocycles. The number of carbonyl (C=O) groups excluding carboxylic acids is 2. The highest BCUT2D eigenvalue weighted by molar-refractivity contribution is 5.79. The van der Waals surface area contributed by atoms with Crippen LogP contribution < -0.4 is 5.32 Å². The molecule has 1 fully saturated rings. The molecule has 0 aliphatic carbocycles. The van der Waals surface area contributed by atoms with E-state index in [9.17, 15) is 9.59 Å². The van der Waals surface area contributed by atoms with E-state index >= 15 is 0 Å². The highest BCUT2D eigenvalue weighted by Crippen LogP contribution is 2.03. The topological polar surface area (TPSA) is 72.9 Å². The number of hydrogen-bond acceptors (Lipinski definition) is 4. The Bertz CT molecular complexity index is 304. The Balaban J connectivity index is 2.31. The molecule has 2 N–H and O–H groups in total. The van der Waals surface area contributed by atoms with Gasteiger partial charge in [0.05, 0.1) is 6.54 Å². The Morgan fingerprint density at radius 2 is 1.72 bits per heavy atom. The first-order chi connectivity index (χ1) is 8.31. The van der Waals surface area contributed by atoms with Gasteiger partial charge in [-0.25, -0.2) is 0 Å². The van der Waals surface area contributed by atoms with Crippen molar-refractivity contribution < 1.29 is 14.7 Å². The molecule has 1 rings (SSSR count). The molecule has 0 saturated carbocycles. The second-order valence-corrected chi connectivity index (χ2v) is 5.61. The molecule has 0 atom stereocenters. The zero-order valence-electron chi connectivity index (χ0n) is 11.4. The Labute approximate surface area is 108 Å². The van der Waals surface area contributed by atoms with Crippen LogP contribution in [0.1, 0.15) is 20.8 Å².